The molecule has 72 heavy (non-hydrogen) atoms. The molecule has 0 bridgehead atoms. The molecule has 9 aromatic rings. The van der Waals surface area contributed by atoms with E-state index < -0.39 is 23.5 Å². The van der Waals surface area contributed by atoms with Gasteiger partial charge in [0.25, 0.3) is 0 Å². The van der Waals surface area contributed by atoms with Gasteiger partial charge >= 0.3 is 23.5 Å². The van der Waals surface area contributed by atoms with Gasteiger partial charge in [0, 0.05) is 0 Å². The molecule has 0 aliphatic heterocycles. The van der Waals surface area contributed by atoms with Gasteiger partial charge in [0.2, 0.25) is 0 Å². The van der Waals surface area contributed by atoms with Gasteiger partial charge < -0.3 is 40.7 Å². The first kappa shape index (κ1) is 51.7. The van der Waals surface area contributed by atoms with E-state index in [0.717, 1.165) is 16.7 Å². The van der Waals surface area contributed by atoms with Crippen LogP contribution in [0, 0.1) is 20.8 Å². The van der Waals surface area contributed by atoms with Crippen LogP contribution in [0.4, 0.5) is 0 Å². The minimum atomic E-state index is -3.91. The standard InChI is InChI=1S/3C19H17O4P/c1-16-10-8-9-15-19(16)23-24(20,21-17-11-4-2-5-12-17)22-18-13-6-3-7-14-18;1-16-9-8-14-19(15-16)23-24(20,21-17-10-4-2-5-11-17)22-18-12-6-3-7-13-18;1-16-12-14-19(15-13-16)23-24(20,21-17-8-4-2-5-9-17)22-18-10-6-3-7-11-18/h3*2-15H,1H3. The molecule has 0 N–H and O–H groups in total. The first-order valence-corrected chi connectivity index (χ1v) is 26.8. The lowest BCUT2D eigenvalue weighted by atomic mass is 10.2. The highest BCUT2D eigenvalue weighted by Gasteiger charge is 2.35. The van der Waals surface area contributed by atoms with Crippen molar-refractivity contribution in [2.45, 2.75) is 20.8 Å². The lowest BCUT2D eigenvalue weighted by molar-refractivity contribution is 0.296. The van der Waals surface area contributed by atoms with E-state index >= 15 is 0 Å². The maximum atomic E-state index is 13.2. The normalized spacial score (nSPS) is 10.9. The Labute approximate surface area is 420 Å². The quantitative estimate of drug-likeness (QED) is 0.0757. The van der Waals surface area contributed by atoms with Gasteiger partial charge in [-0.3, -0.25) is 0 Å². The number of rotatable bonds is 18. The maximum Gasteiger partial charge on any atom is 0.647 e. The van der Waals surface area contributed by atoms with Crippen LogP contribution in [0.5, 0.6) is 51.7 Å². The summed E-state index contributed by atoms with van der Waals surface area (Å²) in [5.41, 5.74) is 2.90. The van der Waals surface area contributed by atoms with Gasteiger partial charge in [0.15, 0.2) is 0 Å². The third kappa shape index (κ3) is 17.1. The highest BCUT2D eigenvalue weighted by Crippen LogP contribution is 2.52. The molecule has 0 spiro atoms. The summed E-state index contributed by atoms with van der Waals surface area (Å²) in [6, 6.07) is 74.5. The maximum absolute atomic E-state index is 13.2. The Morgan fingerprint density at radius 1 is 0.236 bits per heavy atom. The van der Waals surface area contributed by atoms with Gasteiger partial charge in [-0.05, 0) is 135 Å². The van der Waals surface area contributed by atoms with E-state index in [-0.39, 0.29) is 0 Å². The van der Waals surface area contributed by atoms with Crippen molar-refractivity contribution < 1.29 is 54.4 Å². The zero-order valence-corrected chi connectivity index (χ0v) is 42.2. The van der Waals surface area contributed by atoms with Crippen molar-refractivity contribution in [3.8, 4) is 51.7 Å². The van der Waals surface area contributed by atoms with Crippen LogP contribution in [0.15, 0.2) is 255 Å². The Kier molecular flexibility index (Phi) is 18.4. The summed E-state index contributed by atoms with van der Waals surface area (Å²) in [5, 5.41) is 0. The van der Waals surface area contributed by atoms with Crippen LogP contribution < -0.4 is 40.7 Å². The monoisotopic (exact) mass is 1020 g/mol. The Bertz CT molecular complexity index is 3040. The fraction of sp³-hybridized carbons (Fsp3) is 0.0526. The first-order valence-electron chi connectivity index (χ1n) is 22.5. The summed E-state index contributed by atoms with van der Waals surface area (Å²) >= 11 is 0. The summed E-state index contributed by atoms with van der Waals surface area (Å²) in [5.74, 6) is 3.73. The second-order valence-electron chi connectivity index (χ2n) is 15.4. The Hall–Kier alpha value is -8.13. The summed E-state index contributed by atoms with van der Waals surface area (Å²) in [6.45, 7) is 5.75. The van der Waals surface area contributed by atoms with E-state index in [1.54, 1.807) is 182 Å². The van der Waals surface area contributed by atoms with Crippen LogP contribution in [-0.4, -0.2) is 0 Å². The Morgan fingerprint density at radius 3 is 0.819 bits per heavy atom. The van der Waals surface area contributed by atoms with Gasteiger partial charge in [0.1, 0.15) is 51.7 Å². The molecule has 0 heterocycles. The molecule has 0 amide bonds. The molecule has 0 aromatic heterocycles. The van der Waals surface area contributed by atoms with Gasteiger partial charge in [-0.2, -0.15) is 13.7 Å². The summed E-state index contributed by atoms with van der Waals surface area (Å²) in [4.78, 5) is 0. The topological polar surface area (TPSA) is 134 Å². The largest absolute Gasteiger partial charge is 0.647 e. The molecular weight excluding hydrogens is 970 g/mol. The lowest BCUT2D eigenvalue weighted by Crippen LogP contribution is -2.08. The SMILES string of the molecule is Cc1ccc(OP(=O)(Oc2ccccc2)Oc2ccccc2)cc1.Cc1cccc(OP(=O)(Oc2ccccc2)Oc2ccccc2)c1.Cc1ccccc1OP(=O)(Oc1ccccc1)Oc1ccccc1. The smallest absolute Gasteiger partial charge is 0.386 e. The number of para-hydroxylation sites is 7. The molecule has 15 heteroatoms. The summed E-state index contributed by atoms with van der Waals surface area (Å²) < 4.78 is 89.7. The van der Waals surface area contributed by atoms with E-state index in [1.807, 2.05) is 93.6 Å². The molecule has 9 aromatic carbocycles. The predicted octanol–water partition coefficient (Wildman–Crippen LogP) is 16.9. The molecule has 12 nitrogen and oxygen atoms in total. The van der Waals surface area contributed by atoms with Crippen LogP contribution in [0.2, 0.25) is 0 Å². The minimum Gasteiger partial charge on any atom is -0.386 e. The Balaban J connectivity index is 0.000000158. The molecule has 9 rings (SSSR count). The second-order valence-corrected chi connectivity index (χ2v) is 19.8. The van der Waals surface area contributed by atoms with E-state index in [2.05, 4.69) is 0 Å². The molecular formula is C57H51O12P3. The number of hydrogen-bond donors (Lipinski definition) is 0. The van der Waals surface area contributed by atoms with E-state index in [0.29, 0.717) is 51.7 Å². The van der Waals surface area contributed by atoms with Crippen molar-refractivity contribution in [1.82, 2.24) is 0 Å². The number of benzene rings is 9. The minimum absolute atomic E-state index is 0.406. The molecule has 0 aliphatic carbocycles. The molecule has 0 atom stereocenters. The second kappa shape index (κ2) is 25.6. The van der Waals surface area contributed by atoms with E-state index in [9.17, 15) is 13.7 Å². The van der Waals surface area contributed by atoms with Crippen LogP contribution >= 0.6 is 23.5 Å². The van der Waals surface area contributed by atoms with Crippen molar-refractivity contribution >= 4 is 23.5 Å². The van der Waals surface area contributed by atoms with Crippen LogP contribution in [0.3, 0.4) is 0 Å². The first-order chi connectivity index (χ1) is 34.9. The van der Waals surface area contributed by atoms with E-state index in [4.69, 9.17) is 40.7 Å². The molecule has 0 fully saturated rings. The molecule has 0 unspecified atom stereocenters. The molecule has 366 valence electrons. The van der Waals surface area contributed by atoms with Gasteiger partial charge in [-0.25, -0.2) is 0 Å². The average molecular weight is 1020 g/mol. The summed E-state index contributed by atoms with van der Waals surface area (Å²) in [6.07, 6.45) is 0. The van der Waals surface area contributed by atoms with Crippen LogP contribution in [-0.2, 0) is 13.7 Å². The molecule has 0 saturated carbocycles. The Morgan fingerprint density at radius 2 is 0.500 bits per heavy atom. The molecule has 0 radical (unpaired) electrons. The summed E-state index contributed by atoms with van der Waals surface area (Å²) in [7, 11) is -11.7. The fourth-order valence-electron chi connectivity index (χ4n) is 6.14. The van der Waals surface area contributed by atoms with Gasteiger partial charge in [-0.15, -0.1) is 0 Å². The lowest BCUT2D eigenvalue weighted by Gasteiger charge is -2.20. The van der Waals surface area contributed by atoms with Crippen molar-refractivity contribution in [3.63, 3.8) is 0 Å². The third-order valence-corrected chi connectivity index (χ3v) is 13.4. The van der Waals surface area contributed by atoms with Crippen molar-refractivity contribution in [2.24, 2.45) is 0 Å². The fourth-order valence-corrected chi connectivity index (χ4v) is 9.95. The zero-order chi connectivity index (χ0) is 50.5. The predicted molar refractivity (Wildman–Crippen MR) is 281 cm³/mol. The van der Waals surface area contributed by atoms with Crippen molar-refractivity contribution in [3.05, 3.63) is 271 Å². The van der Waals surface area contributed by atoms with E-state index in [1.165, 1.54) is 0 Å². The molecule has 0 saturated heterocycles. The number of hydrogen-bond acceptors (Lipinski definition) is 12. The average Bonchev–Trinajstić information content (AvgIpc) is 3.37. The molecule has 0 aliphatic rings. The number of phosphoric acid groups is 3. The van der Waals surface area contributed by atoms with Crippen LogP contribution in [0.25, 0.3) is 0 Å². The van der Waals surface area contributed by atoms with Crippen LogP contribution in [0.1, 0.15) is 16.7 Å². The number of aryl methyl sites for hydroxylation is 3. The highest BCUT2D eigenvalue weighted by molar-refractivity contribution is 7.50. The van der Waals surface area contributed by atoms with Crippen molar-refractivity contribution in [1.29, 1.82) is 0 Å². The van der Waals surface area contributed by atoms with Gasteiger partial charge in [-0.1, -0.05) is 157 Å². The number of phosphoric ester groups is 3. The highest BCUT2D eigenvalue weighted by atomic mass is 31.2. The van der Waals surface area contributed by atoms with Gasteiger partial charge in [0.05, 0.1) is 0 Å². The van der Waals surface area contributed by atoms with Crippen molar-refractivity contribution in [2.75, 3.05) is 0 Å². The third-order valence-electron chi connectivity index (χ3n) is 9.51. The zero-order valence-electron chi connectivity index (χ0n) is 39.5.